The molecule has 1 saturated heterocycles. The Balaban J connectivity index is 1.53. The first kappa shape index (κ1) is 19.6. The highest BCUT2D eigenvalue weighted by Crippen LogP contribution is 2.26. The predicted octanol–water partition coefficient (Wildman–Crippen LogP) is 3.15. The van der Waals surface area contributed by atoms with E-state index in [0.717, 1.165) is 22.4 Å². The number of carbonyl (C=O) groups excluding carboxylic acids is 3. The largest absolute Gasteiger partial charge is 0.455 e. The molecule has 0 unspecified atom stereocenters. The lowest BCUT2D eigenvalue weighted by Gasteiger charge is -2.17. The Bertz CT molecular complexity index is 902. The summed E-state index contributed by atoms with van der Waals surface area (Å²) in [5, 5.41) is 2.73. The normalized spacial score (nSPS) is 16.2. The number of esters is 1. The molecule has 1 aliphatic rings. The summed E-state index contributed by atoms with van der Waals surface area (Å²) >= 11 is 0. The minimum absolute atomic E-state index is 0.0888. The summed E-state index contributed by atoms with van der Waals surface area (Å²) in [5.41, 5.74) is 4.55. The number of hydrogen-bond donors (Lipinski definition) is 1. The maximum absolute atomic E-state index is 12.3. The highest BCUT2D eigenvalue weighted by Gasteiger charge is 2.36. The van der Waals surface area contributed by atoms with Crippen LogP contribution in [0.1, 0.15) is 23.1 Å². The standard InChI is InChI=1S/C22H24N2O4/c1-14-5-4-6-19(10-14)24-12-17(11-21(24)26)22(27)28-13-20(25)23-18-8-15(2)7-16(3)9-18/h4-10,17H,11-13H2,1-3H3,(H,23,25)/t17-/m1/s1. The third-order valence-corrected chi connectivity index (χ3v) is 4.62. The van der Waals surface area contributed by atoms with Crippen LogP contribution in [0.3, 0.4) is 0 Å². The van der Waals surface area contributed by atoms with E-state index in [2.05, 4.69) is 5.32 Å². The van der Waals surface area contributed by atoms with Crippen LogP contribution in [0, 0.1) is 26.7 Å². The summed E-state index contributed by atoms with van der Waals surface area (Å²) < 4.78 is 5.15. The SMILES string of the molecule is Cc1cc(C)cc(NC(=O)COC(=O)[C@@H]2CC(=O)N(c3cccc(C)c3)C2)c1. The van der Waals surface area contributed by atoms with Crippen molar-refractivity contribution in [3.8, 4) is 0 Å². The Morgan fingerprint density at radius 3 is 2.46 bits per heavy atom. The highest BCUT2D eigenvalue weighted by atomic mass is 16.5. The van der Waals surface area contributed by atoms with Crippen molar-refractivity contribution in [3.63, 3.8) is 0 Å². The van der Waals surface area contributed by atoms with Gasteiger partial charge in [0.25, 0.3) is 5.91 Å². The zero-order valence-corrected chi connectivity index (χ0v) is 16.3. The lowest BCUT2D eigenvalue weighted by molar-refractivity contribution is -0.151. The molecule has 2 amide bonds. The first-order valence-electron chi connectivity index (χ1n) is 9.23. The molecule has 6 heteroatoms. The summed E-state index contributed by atoms with van der Waals surface area (Å²) in [6.07, 6.45) is 0.0888. The third-order valence-electron chi connectivity index (χ3n) is 4.62. The smallest absolute Gasteiger partial charge is 0.311 e. The van der Waals surface area contributed by atoms with Gasteiger partial charge in [-0.25, -0.2) is 0 Å². The fraction of sp³-hybridized carbons (Fsp3) is 0.318. The van der Waals surface area contributed by atoms with Crippen molar-refractivity contribution in [3.05, 3.63) is 59.2 Å². The molecule has 0 bridgehead atoms. The van der Waals surface area contributed by atoms with Gasteiger partial charge in [-0.3, -0.25) is 14.4 Å². The molecule has 28 heavy (non-hydrogen) atoms. The van der Waals surface area contributed by atoms with Gasteiger partial charge >= 0.3 is 5.97 Å². The number of anilines is 2. The first-order valence-corrected chi connectivity index (χ1v) is 9.23. The zero-order valence-electron chi connectivity index (χ0n) is 16.3. The van der Waals surface area contributed by atoms with Gasteiger partial charge in [0.05, 0.1) is 5.92 Å². The summed E-state index contributed by atoms with van der Waals surface area (Å²) in [6, 6.07) is 13.3. The second kappa shape index (κ2) is 8.25. The average molecular weight is 380 g/mol. The maximum Gasteiger partial charge on any atom is 0.311 e. The molecule has 1 heterocycles. The van der Waals surface area contributed by atoms with E-state index in [9.17, 15) is 14.4 Å². The Hall–Kier alpha value is -3.15. The second-order valence-corrected chi connectivity index (χ2v) is 7.28. The Labute approximate surface area is 164 Å². The number of aryl methyl sites for hydroxylation is 3. The lowest BCUT2D eigenvalue weighted by Crippen LogP contribution is -2.28. The molecule has 0 aromatic heterocycles. The van der Waals surface area contributed by atoms with Crippen molar-refractivity contribution in [2.24, 2.45) is 5.92 Å². The van der Waals surface area contributed by atoms with Crippen LogP contribution in [0.25, 0.3) is 0 Å². The van der Waals surface area contributed by atoms with E-state index in [0.29, 0.717) is 5.69 Å². The minimum atomic E-state index is -0.568. The van der Waals surface area contributed by atoms with Crippen LogP contribution in [-0.4, -0.2) is 30.9 Å². The molecule has 0 saturated carbocycles. The van der Waals surface area contributed by atoms with E-state index < -0.39 is 17.8 Å². The van der Waals surface area contributed by atoms with Crippen molar-refractivity contribution in [1.82, 2.24) is 0 Å². The molecule has 1 atom stereocenters. The molecule has 146 valence electrons. The van der Waals surface area contributed by atoms with E-state index in [-0.39, 0.29) is 25.5 Å². The molecule has 0 aliphatic carbocycles. The summed E-state index contributed by atoms with van der Waals surface area (Å²) in [5.74, 6) is -1.62. The van der Waals surface area contributed by atoms with Crippen molar-refractivity contribution < 1.29 is 19.1 Å². The van der Waals surface area contributed by atoms with Gasteiger partial charge in [-0.15, -0.1) is 0 Å². The molecule has 2 aromatic carbocycles. The fourth-order valence-electron chi connectivity index (χ4n) is 3.41. The monoisotopic (exact) mass is 380 g/mol. The molecule has 1 aliphatic heterocycles. The number of hydrogen-bond acceptors (Lipinski definition) is 4. The summed E-state index contributed by atoms with van der Waals surface area (Å²) in [6.45, 7) is 5.73. The van der Waals surface area contributed by atoms with Gasteiger partial charge in [0.2, 0.25) is 5.91 Å². The molecule has 6 nitrogen and oxygen atoms in total. The molecular formula is C22H24N2O4. The van der Waals surface area contributed by atoms with Crippen molar-refractivity contribution in [2.45, 2.75) is 27.2 Å². The van der Waals surface area contributed by atoms with Crippen LogP contribution in [0.2, 0.25) is 0 Å². The lowest BCUT2D eigenvalue weighted by atomic mass is 10.1. The molecule has 1 fully saturated rings. The van der Waals surface area contributed by atoms with E-state index in [1.807, 2.05) is 63.2 Å². The number of benzene rings is 2. The number of nitrogens with one attached hydrogen (secondary N) is 1. The number of amides is 2. The van der Waals surface area contributed by atoms with Crippen LogP contribution in [0.5, 0.6) is 0 Å². The van der Waals surface area contributed by atoms with Crippen molar-refractivity contribution in [2.75, 3.05) is 23.4 Å². The fourth-order valence-corrected chi connectivity index (χ4v) is 3.41. The summed E-state index contributed by atoms with van der Waals surface area (Å²) in [4.78, 5) is 38.3. The maximum atomic E-state index is 12.3. The number of rotatable bonds is 5. The van der Waals surface area contributed by atoms with Gasteiger partial charge in [0.1, 0.15) is 0 Å². The number of nitrogens with zero attached hydrogens (tertiary/aromatic N) is 1. The van der Waals surface area contributed by atoms with Crippen LogP contribution in [0.15, 0.2) is 42.5 Å². The molecule has 3 rings (SSSR count). The molecule has 1 N–H and O–H groups in total. The van der Waals surface area contributed by atoms with Gasteiger partial charge in [-0.05, 0) is 61.7 Å². The van der Waals surface area contributed by atoms with Gasteiger partial charge in [-0.2, -0.15) is 0 Å². The van der Waals surface area contributed by atoms with Crippen LogP contribution in [0.4, 0.5) is 11.4 Å². The third kappa shape index (κ3) is 4.76. The van der Waals surface area contributed by atoms with E-state index in [1.165, 1.54) is 0 Å². The van der Waals surface area contributed by atoms with Crippen molar-refractivity contribution >= 4 is 29.2 Å². The Morgan fingerprint density at radius 2 is 1.79 bits per heavy atom. The van der Waals surface area contributed by atoms with Crippen LogP contribution in [-0.2, 0) is 19.1 Å². The average Bonchev–Trinajstić information content (AvgIpc) is 3.00. The summed E-state index contributed by atoms with van der Waals surface area (Å²) in [7, 11) is 0. The highest BCUT2D eigenvalue weighted by molar-refractivity contribution is 6.00. The predicted molar refractivity (Wildman–Crippen MR) is 107 cm³/mol. The molecular weight excluding hydrogens is 356 g/mol. The zero-order chi connectivity index (χ0) is 20.3. The molecule has 0 radical (unpaired) electrons. The first-order chi connectivity index (χ1) is 13.3. The number of ether oxygens (including phenoxy) is 1. The molecule has 2 aromatic rings. The quantitative estimate of drug-likeness (QED) is 0.809. The van der Waals surface area contributed by atoms with Crippen LogP contribution >= 0.6 is 0 Å². The second-order valence-electron chi connectivity index (χ2n) is 7.28. The van der Waals surface area contributed by atoms with Gasteiger partial charge in [0, 0.05) is 24.3 Å². The van der Waals surface area contributed by atoms with E-state index in [4.69, 9.17) is 4.74 Å². The van der Waals surface area contributed by atoms with E-state index >= 15 is 0 Å². The van der Waals surface area contributed by atoms with Gasteiger partial charge in [0.15, 0.2) is 6.61 Å². The van der Waals surface area contributed by atoms with E-state index in [1.54, 1.807) is 4.90 Å². The van der Waals surface area contributed by atoms with Crippen LogP contribution < -0.4 is 10.2 Å². The molecule has 0 spiro atoms. The topological polar surface area (TPSA) is 75.7 Å². The van der Waals surface area contributed by atoms with Gasteiger partial charge < -0.3 is 15.0 Å². The van der Waals surface area contributed by atoms with Gasteiger partial charge in [-0.1, -0.05) is 18.2 Å². The Kier molecular flexibility index (Phi) is 5.78. The van der Waals surface area contributed by atoms with Crippen molar-refractivity contribution in [1.29, 1.82) is 0 Å². The Morgan fingerprint density at radius 1 is 1.07 bits per heavy atom. The number of carbonyl (C=O) groups is 3. The minimum Gasteiger partial charge on any atom is -0.455 e.